The molecule has 0 aliphatic carbocycles. The molecular weight excluding hydrogens is 258 g/mol. The van der Waals surface area contributed by atoms with Crippen molar-refractivity contribution in [2.45, 2.75) is 46.6 Å². The van der Waals surface area contributed by atoms with E-state index >= 15 is 0 Å². The predicted molar refractivity (Wildman–Crippen MR) is 75.4 cm³/mol. The van der Waals surface area contributed by atoms with Gasteiger partial charge in [-0.15, -0.1) is 0 Å². The number of hydrogen-bond donors (Lipinski definition) is 2. The maximum Gasteiger partial charge on any atom is 0.305 e. The summed E-state index contributed by atoms with van der Waals surface area (Å²) in [6.45, 7) is 7.58. The number of aromatic nitrogens is 2. The SMILES string of the molecule is Cc1nn(C)c(C)c1CC(=O)NC(CC(=O)O)C(C)C. The van der Waals surface area contributed by atoms with Gasteiger partial charge >= 0.3 is 5.97 Å². The van der Waals surface area contributed by atoms with E-state index in [-0.39, 0.29) is 30.7 Å². The van der Waals surface area contributed by atoms with Crippen molar-refractivity contribution >= 4 is 11.9 Å². The number of aliphatic carboxylic acids is 1. The average Bonchev–Trinajstić information content (AvgIpc) is 2.54. The van der Waals surface area contributed by atoms with E-state index in [4.69, 9.17) is 5.11 Å². The van der Waals surface area contributed by atoms with E-state index in [0.717, 1.165) is 17.0 Å². The zero-order valence-electron chi connectivity index (χ0n) is 12.7. The Bertz CT molecular complexity index is 506. The van der Waals surface area contributed by atoms with Gasteiger partial charge in [-0.25, -0.2) is 0 Å². The number of hydrogen-bond acceptors (Lipinski definition) is 3. The molecule has 0 fully saturated rings. The molecule has 1 atom stereocenters. The summed E-state index contributed by atoms with van der Waals surface area (Å²) in [6, 6.07) is -0.350. The zero-order chi connectivity index (χ0) is 15.4. The number of nitrogens with zero attached hydrogens (tertiary/aromatic N) is 2. The van der Waals surface area contributed by atoms with Crippen LogP contribution in [0, 0.1) is 19.8 Å². The molecule has 0 saturated heterocycles. The summed E-state index contributed by atoms with van der Waals surface area (Å²) in [5.41, 5.74) is 2.69. The van der Waals surface area contributed by atoms with E-state index in [0.29, 0.717) is 0 Å². The van der Waals surface area contributed by atoms with Crippen molar-refractivity contribution < 1.29 is 14.7 Å². The molecule has 0 aromatic carbocycles. The van der Waals surface area contributed by atoms with Crippen LogP contribution in [0.3, 0.4) is 0 Å². The van der Waals surface area contributed by atoms with E-state index in [1.54, 1.807) is 4.68 Å². The summed E-state index contributed by atoms with van der Waals surface area (Å²) in [6.07, 6.45) is 0.169. The van der Waals surface area contributed by atoms with Crippen molar-refractivity contribution in [1.82, 2.24) is 15.1 Å². The molecule has 0 aliphatic rings. The van der Waals surface area contributed by atoms with Gasteiger partial charge in [-0.05, 0) is 19.8 Å². The number of nitrogens with one attached hydrogen (secondary N) is 1. The molecular formula is C14H23N3O3. The highest BCUT2D eigenvalue weighted by Gasteiger charge is 2.21. The zero-order valence-corrected chi connectivity index (χ0v) is 12.7. The minimum absolute atomic E-state index is 0.0611. The first-order valence-electron chi connectivity index (χ1n) is 6.72. The third kappa shape index (κ3) is 4.08. The fourth-order valence-corrected chi connectivity index (χ4v) is 2.13. The number of carbonyl (C=O) groups is 2. The van der Waals surface area contributed by atoms with Crippen molar-refractivity contribution in [1.29, 1.82) is 0 Å². The lowest BCUT2D eigenvalue weighted by molar-refractivity contribution is -0.138. The first-order chi connectivity index (χ1) is 9.22. The third-order valence-corrected chi connectivity index (χ3v) is 3.54. The maximum atomic E-state index is 12.1. The Balaban J connectivity index is 2.73. The Hall–Kier alpha value is -1.85. The van der Waals surface area contributed by atoms with Crippen LogP contribution in [0.2, 0.25) is 0 Å². The second-order valence-electron chi connectivity index (χ2n) is 5.47. The van der Waals surface area contributed by atoms with Gasteiger partial charge in [-0.1, -0.05) is 13.8 Å². The summed E-state index contributed by atoms with van der Waals surface area (Å²) < 4.78 is 1.75. The predicted octanol–water partition coefficient (Wildman–Crippen LogP) is 1.19. The summed E-state index contributed by atoms with van der Waals surface area (Å²) >= 11 is 0. The van der Waals surface area contributed by atoms with Crippen LogP contribution in [-0.4, -0.2) is 32.8 Å². The molecule has 2 N–H and O–H groups in total. The van der Waals surface area contributed by atoms with Crippen molar-refractivity contribution in [3.05, 3.63) is 17.0 Å². The Morgan fingerprint density at radius 2 is 1.95 bits per heavy atom. The average molecular weight is 281 g/mol. The van der Waals surface area contributed by atoms with Gasteiger partial charge in [-0.2, -0.15) is 5.10 Å². The molecule has 1 amide bonds. The van der Waals surface area contributed by atoms with Gasteiger partial charge in [0.2, 0.25) is 5.91 Å². The minimum Gasteiger partial charge on any atom is -0.481 e. The minimum atomic E-state index is -0.905. The van der Waals surface area contributed by atoms with Gasteiger partial charge in [0.05, 0.1) is 18.5 Å². The first-order valence-corrected chi connectivity index (χ1v) is 6.72. The van der Waals surface area contributed by atoms with Crippen LogP contribution in [0.25, 0.3) is 0 Å². The second-order valence-corrected chi connectivity index (χ2v) is 5.47. The summed E-state index contributed by atoms with van der Waals surface area (Å²) in [4.78, 5) is 22.9. The number of amides is 1. The molecule has 0 radical (unpaired) electrons. The van der Waals surface area contributed by atoms with E-state index < -0.39 is 5.97 Å². The quantitative estimate of drug-likeness (QED) is 0.820. The number of carboxylic acid groups (broad SMARTS) is 1. The van der Waals surface area contributed by atoms with Crippen molar-refractivity contribution in [3.8, 4) is 0 Å². The Kier molecular flexibility index (Phi) is 5.30. The van der Waals surface area contributed by atoms with Gasteiger partial charge in [-0.3, -0.25) is 14.3 Å². The summed E-state index contributed by atoms with van der Waals surface area (Å²) in [5, 5.41) is 15.9. The number of carbonyl (C=O) groups excluding carboxylic acids is 1. The smallest absolute Gasteiger partial charge is 0.305 e. The molecule has 112 valence electrons. The lowest BCUT2D eigenvalue weighted by Crippen LogP contribution is -2.40. The number of carboxylic acids is 1. The molecule has 0 saturated carbocycles. The summed E-state index contributed by atoms with van der Waals surface area (Å²) in [5.74, 6) is -0.993. The number of aryl methyl sites for hydroxylation is 2. The van der Waals surface area contributed by atoms with Crippen molar-refractivity contribution in [2.75, 3.05) is 0 Å². The normalized spacial score (nSPS) is 12.5. The standard InChI is InChI=1S/C14H23N3O3/c1-8(2)12(7-14(19)20)15-13(18)6-11-9(3)16-17(5)10(11)4/h8,12H,6-7H2,1-5H3,(H,15,18)(H,19,20). The molecule has 1 aromatic heterocycles. The molecule has 0 bridgehead atoms. The van der Waals surface area contributed by atoms with Gasteiger partial charge in [0, 0.05) is 24.3 Å². The molecule has 1 rings (SSSR count). The Morgan fingerprint density at radius 1 is 1.35 bits per heavy atom. The van der Waals surface area contributed by atoms with Crippen LogP contribution >= 0.6 is 0 Å². The van der Waals surface area contributed by atoms with Crippen LogP contribution in [0.15, 0.2) is 0 Å². The lowest BCUT2D eigenvalue weighted by atomic mass is 10.0. The van der Waals surface area contributed by atoms with Crippen molar-refractivity contribution in [3.63, 3.8) is 0 Å². The largest absolute Gasteiger partial charge is 0.481 e. The Morgan fingerprint density at radius 3 is 2.35 bits per heavy atom. The molecule has 1 heterocycles. The van der Waals surface area contributed by atoms with Crippen LogP contribution < -0.4 is 5.32 Å². The van der Waals surface area contributed by atoms with Gasteiger partial charge in [0.15, 0.2) is 0 Å². The molecule has 0 spiro atoms. The van der Waals surface area contributed by atoms with Crippen molar-refractivity contribution in [2.24, 2.45) is 13.0 Å². The Labute approximate surface area is 119 Å². The molecule has 6 heteroatoms. The molecule has 0 aliphatic heterocycles. The molecule has 1 aromatic rings. The van der Waals surface area contributed by atoms with Crippen LogP contribution in [0.5, 0.6) is 0 Å². The van der Waals surface area contributed by atoms with Gasteiger partial charge in [0.1, 0.15) is 0 Å². The lowest BCUT2D eigenvalue weighted by Gasteiger charge is -2.20. The van der Waals surface area contributed by atoms with Crippen LogP contribution in [0.1, 0.15) is 37.2 Å². The van der Waals surface area contributed by atoms with Crippen LogP contribution in [0.4, 0.5) is 0 Å². The summed E-state index contributed by atoms with van der Waals surface area (Å²) in [7, 11) is 1.84. The highest BCUT2D eigenvalue weighted by Crippen LogP contribution is 2.13. The highest BCUT2D eigenvalue weighted by molar-refractivity contribution is 5.80. The van der Waals surface area contributed by atoms with E-state index in [1.807, 2.05) is 34.7 Å². The van der Waals surface area contributed by atoms with Gasteiger partial charge < -0.3 is 10.4 Å². The fraction of sp³-hybridized carbons (Fsp3) is 0.643. The fourth-order valence-electron chi connectivity index (χ4n) is 2.13. The maximum absolute atomic E-state index is 12.1. The second kappa shape index (κ2) is 6.54. The van der Waals surface area contributed by atoms with Gasteiger partial charge in [0.25, 0.3) is 0 Å². The monoisotopic (exact) mass is 281 g/mol. The number of rotatable bonds is 6. The third-order valence-electron chi connectivity index (χ3n) is 3.54. The highest BCUT2D eigenvalue weighted by atomic mass is 16.4. The molecule has 1 unspecified atom stereocenters. The topological polar surface area (TPSA) is 84.2 Å². The molecule has 20 heavy (non-hydrogen) atoms. The van der Waals surface area contributed by atoms with E-state index in [9.17, 15) is 9.59 Å². The molecule has 6 nitrogen and oxygen atoms in total. The first kappa shape index (κ1) is 16.2. The van der Waals surface area contributed by atoms with E-state index in [1.165, 1.54) is 0 Å². The van der Waals surface area contributed by atoms with E-state index in [2.05, 4.69) is 10.4 Å². The van der Waals surface area contributed by atoms with Crippen LogP contribution in [-0.2, 0) is 23.1 Å².